The monoisotopic (exact) mass is 649 g/mol. The van der Waals surface area contributed by atoms with Crippen molar-refractivity contribution >= 4 is 55.6 Å². The van der Waals surface area contributed by atoms with Gasteiger partial charge in [-0.25, -0.2) is 13.4 Å². The van der Waals surface area contributed by atoms with E-state index in [1.165, 1.54) is 13.3 Å². The Labute approximate surface area is 270 Å². The second-order valence-corrected chi connectivity index (χ2v) is 14.2. The second kappa shape index (κ2) is 13.8. The Hall–Kier alpha value is -4.62. The maximum atomic E-state index is 13.7. The van der Waals surface area contributed by atoms with Crippen LogP contribution in [0, 0.1) is 0 Å². The number of ether oxygens (including phenoxy) is 1. The third-order valence-electron chi connectivity index (χ3n) is 7.35. The van der Waals surface area contributed by atoms with Gasteiger partial charge in [-0.3, -0.25) is 14.3 Å². The number of methoxy groups -OCH3 is 1. The number of aryl methyl sites for hydroxylation is 1. The van der Waals surface area contributed by atoms with Gasteiger partial charge >= 0.3 is 0 Å². The van der Waals surface area contributed by atoms with Crippen molar-refractivity contribution in [3.8, 4) is 5.75 Å². The van der Waals surface area contributed by atoms with Crippen LogP contribution in [0.1, 0.15) is 53.6 Å². The minimum atomic E-state index is -3.63. The number of hydrogen-bond donors (Lipinski definition) is 4. The van der Waals surface area contributed by atoms with Crippen LogP contribution in [-0.2, 0) is 22.5 Å². The molecule has 2 amide bonds. The highest BCUT2D eigenvalue weighted by Crippen LogP contribution is 2.39. The molecule has 4 rings (SSSR count). The molecule has 0 spiro atoms. The van der Waals surface area contributed by atoms with E-state index in [-0.39, 0.29) is 22.8 Å². The highest BCUT2D eigenvalue weighted by atomic mass is 32.2. The molecule has 0 unspecified atom stereocenters. The number of sulfonamides is 1. The number of nitrogens with zero attached hydrogens (tertiary/aromatic N) is 3. The normalized spacial score (nSPS) is 11.8. The summed E-state index contributed by atoms with van der Waals surface area (Å²) in [4.78, 5) is 33.4. The van der Waals surface area contributed by atoms with Gasteiger partial charge in [-0.1, -0.05) is 32.9 Å². The number of rotatable bonds is 12. The van der Waals surface area contributed by atoms with Crippen molar-refractivity contribution < 1.29 is 22.7 Å². The van der Waals surface area contributed by atoms with Crippen molar-refractivity contribution in [1.29, 1.82) is 0 Å². The lowest BCUT2D eigenvalue weighted by atomic mass is 9.86. The molecule has 12 nitrogen and oxygen atoms in total. The van der Waals surface area contributed by atoms with Gasteiger partial charge < -0.3 is 30.2 Å². The van der Waals surface area contributed by atoms with Crippen LogP contribution in [0.2, 0.25) is 0 Å². The maximum Gasteiger partial charge on any atom is 0.272 e. The molecule has 2 aromatic carbocycles. The summed E-state index contributed by atoms with van der Waals surface area (Å²) in [5, 5.41) is 9.87. The third kappa shape index (κ3) is 8.34. The van der Waals surface area contributed by atoms with Crippen LogP contribution >= 0.6 is 0 Å². The maximum absolute atomic E-state index is 13.7. The molecule has 0 aliphatic heterocycles. The van der Waals surface area contributed by atoms with Gasteiger partial charge in [0, 0.05) is 25.2 Å². The zero-order valence-corrected chi connectivity index (χ0v) is 28.4. The first-order valence-electron chi connectivity index (χ1n) is 14.8. The summed E-state index contributed by atoms with van der Waals surface area (Å²) in [5.41, 5.74) is 2.87. The first-order chi connectivity index (χ1) is 21.6. The highest BCUT2D eigenvalue weighted by Gasteiger charge is 2.24. The van der Waals surface area contributed by atoms with Crippen molar-refractivity contribution in [2.45, 2.75) is 32.6 Å². The van der Waals surface area contributed by atoms with E-state index in [1.54, 1.807) is 54.1 Å². The quantitative estimate of drug-likeness (QED) is 0.155. The van der Waals surface area contributed by atoms with E-state index in [2.05, 4.69) is 30.6 Å². The van der Waals surface area contributed by atoms with E-state index in [4.69, 9.17) is 4.74 Å². The van der Waals surface area contributed by atoms with Gasteiger partial charge in [0.15, 0.2) is 5.75 Å². The van der Waals surface area contributed by atoms with Crippen LogP contribution in [0.5, 0.6) is 5.75 Å². The molecule has 13 heteroatoms. The zero-order valence-electron chi connectivity index (χ0n) is 27.6. The lowest BCUT2D eigenvalue weighted by molar-refractivity contribution is 0.101. The predicted molar refractivity (Wildman–Crippen MR) is 185 cm³/mol. The Kier molecular flexibility index (Phi) is 10.3. The fourth-order valence-corrected chi connectivity index (χ4v) is 5.56. The smallest absolute Gasteiger partial charge is 0.272 e. The van der Waals surface area contributed by atoms with Gasteiger partial charge in [0.2, 0.25) is 10.0 Å². The molecule has 4 aromatic rings. The van der Waals surface area contributed by atoms with Crippen LogP contribution in [0.4, 0.5) is 22.9 Å². The number of carbonyl (C=O) groups is 2. The first-order valence-corrected chi connectivity index (χ1v) is 16.7. The average Bonchev–Trinajstić information content (AvgIpc) is 3.31. The van der Waals surface area contributed by atoms with Gasteiger partial charge in [0.1, 0.15) is 11.5 Å². The molecule has 2 aromatic heterocycles. The predicted octanol–water partition coefficient (Wildman–Crippen LogP) is 5.12. The second-order valence-electron chi connectivity index (χ2n) is 12.5. The summed E-state index contributed by atoms with van der Waals surface area (Å²) in [7, 11) is 3.58. The summed E-state index contributed by atoms with van der Waals surface area (Å²) in [6.07, 6.45) is 3.55. The number of pyridine rings is 1. The fourth-order valence-electron chi connectivity index (χ4n) is 5.01. The van der Waals surface area contributed by atoms with E-state index in [1.807, 2.05) is 40.9 Å². The molecule has 4 N–H and O–H groups in total. The van der Waals surface area contributed by atoms with E-state index >= 15 is 0 Å². The summed E-state index contributed by atoms with van der Waals surface area (Å²) in [6, 6.07) is 14.1. The summed E-state index contributed by atoms with van der Waals surface area (Å²) < 4.78 is 34.0. The average molecular weight is 650 g/mol. The molecular weight excluding hydrogens is 606 g/mol. The van der Waals surface area contributed by atoms with Crippen LogP contribution < -0.4 is 25.4 Å². The van der Waals surface area contributed by atoms with Gasteiger partial charge in [0.25, 0.3) is 11.8 Å². The zero-order chi connectivity index (χ0) is 33.8. The summed E-state index contributed by atoms with van der Waals surface area (Å²) in [6.45, 7) is 7.69. The van der Waals surface area contributed by atoms with Crippen molar-refractivity contribution in [1.82, 2.24) is 14.5 Å². The Morgan fingerprint density at radius 3 is 2.28 bits per heavy atom. The Morgan fingerprint density at radius 2 is 1.67 bits per heavy atom. The van der Waals surface area contributed by atoms with Crippen molar-refractivity contribution in [3.63, 3.8) is 0 Å². The molecule has 0 fully saturated rings. The van der Waals surface area contributed by atoms with Crippen LogP contribution in [-0.4, -0.2) is 75.2 Å². The minimum absolute atomic E-state index is 0.182. The molecule has 0 radical (unpaired) electrons. The van der Waals surface area contributed by atoms with E-state index < -0.39 is 15.9 Å². The molecule has 46 heavy (non-hydrogen) atoms. The number of nitrogens with one attached hydrogen (secondary N) is 4. The van der Waals surface area contributed by atoms with Gasteiger partial charge in [-0.2, -0.15) is 0 Å². The lowest BCUT2D eigenvalue weighted by Crippen LogP contribution is -2.19. The molecule has 0 aliphatic carbocycles. The number of amides is 2. The lowest BCUT2D eigenvalue weighted by Gasteiger charge is -2.24. The Morgan fingerprint density at radius 1 is 0.978 bits per heavy atom. The molecule has 246 valence electrons. The van der Waals surface area contributed by atoms with Crippen LogP contribution in [0.15, 0.2) is 54.7 Å². The fraction of sp³-hybridized carbons (Fsp3) is 0.364. The molecule has 0 saturated heterocycles. The number of para-hydroxylation sites is 1. The standard InChI is InChI=1S/C33H43N7O5S/c1-33(2,3)23-18-25(30(45-7)26(19-23)38-46(8,43)44)37-32(42)27-17-21-11-9-12-24(29(21)40(27)6)36-31(41)22-13-14-28(35-20-22)34-15-10-16-39(4)5/h9,11-14,17-20,38H,10,15-16H2,1-8H3,(H,34,35)(H,36,41)(H,37,42). The molecule has 0 saturated carbocycles. The number of aromatic nitrogens is 2. The molecule has 0 atom stereocenters. The summed E-state index contributed by atoms with van der Waals surface area (Å²) in [5.74, 6) is 0.103. The number of carbonyl (C=O) groups excluding carboxylic acids is 2. The molecular formula is C33H43N7O5S. The molecule has 0 bridgehead atoms. The molecule has 0 aliphatic rings. The van der Waals surface area contributed by atoms with Gasteiger partial charge in [-0.05, 0) is 74.4 Å². The van der Waals surface area contributed by atoms with Gasteiger partial charge in [0.05, 0.1) is 41.5 Å². The van der Waals surface area contributed by atoms with Crippen molar-refractivity contribution in [2.24, 2.45) is 7.05 Å². The number of hydrogen-bond acceptors (Lipinski definition) is 8. The summed E-state index contributed by atoms with van der Waals surface area (Å²) >= 11 is 0. The van der Waals surface area contributed by atoms with E-state index in [9.17, 15) is 18.0 Å². The number of anilines is 4. The number of benzene rings is 2. The van der Waals surface area contributed by atoms with Gasteiger partial charge in [-0.15, -0.1) is 0 Å². The third-order valence-corrected chi connectivity index (χ3v) is 7.94. The first kappa shape index (κ1) is 34.3. The Bertz CT molecular complexity index is 1840. The Balaban J connectivity index is 1.59. The van der Waals surface area contributed by atoms with Crippen LogP contribution in [0.3, 0.4) is 0 Å². The largest absolute Gasteiger partial charge is 0.492 e. The SMILES string of the molecule is COc1c(NC(=O)c2cc3cccc(NC(=O)c4ccc(NCCCN(C)C)nc4)c3n2C)cc(C(C)(C)C)cc1NS(C)(=O)=O. The van der Waals surface area contributed by atoms with Crippen molar-refractivity contribution in [3.05, 3.63) is 71.5 Å². The van der Waals surface area contributed by atoms with E-state index in [0.29, 0.717) is 34.0 Å². The number of fused-ring (bicyclic) bond motifs is 1. The van der Waals surface area contributed by atoms with E-state index in [0.717, 1.165) is 36.7 Å². The molecule has 2 heterocycles. The van der Waals surface area contributed by atoms with Crippen LogP contribution in [0.25, 0.3) is 10.9 Å². The topological polar surface area (TPSA) is 147 Å². The van der Waals surface area contributed by atoms with Crippen molar-refractivity contribution in [2.75, 3.05) is 61.2 Å². The minimum Gasteiger partial charge on any atom is -0.492 e. The highest BCUT2D eigenvalue weighted by molar-refractivity contribution is 7.92.